The monoisotopic (exact) mass is 686 g/mol. The SMILES string of the molecule is CC(C)(C)c1cccc(-c2nc3c(-c4cc(-c5cc(C#N)c(-c6ccccc6)cn5)cc5c4oc4ccccc45)cccc3n2-c2ccccc2)c1O. The highest BCUT2D eigenvalue weighted by Gasteiger charge is 2.26. The van der Waals surface area contributed by atoms with E-state index in [-0.39, 0.29) is 11.2 Å². The van der Waals surface area contributed by atoms with Gasteiger partial charge in [0.2, 0.25) is 0 Å². The summed E-state index contributed by atoms with van der Waals surface area (Å²) in [6, 6.07) is 48.5. The highest BCUT2D eigenvalue weighted by Crippen LogP contribution is 2.44. The van der Waals surface area contributed by atoms with Crippen LogP contribution >= 0.6 is 0 Å². The number of aromatic hydroxyl groups is 1. The van der Waals surface area contributed by atoms with Crippen LogP contribution in [-0.4, -0.2) is 19.6 Å². The van der Waals surface area contributed by atoms with Crippen molar-refractivity contribution in [1.29, 1.82) is 5.26 Å². The van der Waals surface area contributed by atoms with E-state index in [0.29, 0.717) is 22.6 Å². The van der Waals surface area contributed by atoms with E-state index in [1.807, 2.05) is 97.1 Å². The molecule has 0 aliphatic heterocycles. The minimum Gasteiger partial charge on any atom is -0.507 e. The maximum absolute atomic E-state index is 11.8. The zero-order valence-electron chi connectivity index (χ0n) is 29.5. The molecule has 0 bridgehead atoms. The van der Waals surface area contributed by atoms with Gasteiger partial charge in [-0.3, -0.25) is 9.55 Å². The molecule has 9 rings (SSSR count). The molecule has 3 aromatic heterocycles. The number of furan rings is 1. The number of imidazole rings is 1. The molecular weight excluding hydrogens is 653 g/mol. The number of nitrogens with zero attached hydrogens (tertiary/aromatic N) is 4. The van der Waals surface area contributed by atoms with Gasteiger partial charge in [-0.25, -0.2) is 4.98 Å². The molecule has 9 aromatic rings. The van der Waals surface area contributed by atoms with Crippen LogP contribution in [-0.2, 0) is 5.41 Å². The van der Waals surface area contributed by atoms with E-state index in [9.17, 15) is 10.4 Å². The molecule has 6 aromatic carbocycles. The first-order valence-electron chi connectivity index (χ1n) is 17.6. The molecule has 0 saturated heterocycles. The van der Waals surface area contributed by atoms with Crippen LogP contribution in [0.2, 0.25) is 0 Å². The summed E-state index contributed by atoms with van der Waals surface area (Å²) in [6.07, 6.45) is 1.78. The molecule has 0 saturated carbocycles. The highest BCUT2D eigenvalue weighted by atomic mass is 16.3. The number of pyridine rings is 1. The van der Waals surface area contributed by atoms with Gasteiger partial charge in [-0.05, 0) is 65.1 Å². The second-order valence-corrected chi connectivity index (χ2v) is 14.3. The largest absolute Gasteiger partial charge is 0.507 e. The van der Waals surface area contributed by atoms with Crippen molar-refractivity contribution in [2.24, 2.45) is 0 Å². The predicted octanol–water partition coefficient (Wildman–Crippen LogP) is 11.9. The first kappa shape index (κ1) is 32.0. The van der Waals surface area contributed by atoms with Crippen molar-refractivity contribution in [3.8, 4) is 62.4 Å². The lowest BCUT2D eigenvalue weighted by molar-refractivity contribution is 0.448. The Labute approximate surface area is 306 Å². The Hall–Kier alpha value is -6.97. The standard InChI is InChI=1S/C47H34N4O2/c1-47(2,3)39-21-12-20-35(44(39)52)46-50-43-34(19-13-22-41(43)51(46)32-16-8-5-9-17-32)37-25-30(24-36-33-18-10-11-23-42(33)53-45(36)37)40-26-31(27-48)38(28-49-40)29-14-6-4-7-15-29/h4-26,28,52H,1-3H3. The van der Waals surface area contributed by atoms with Gasteiger partial charge in [-0.1, -0.05) is 112 Å². The number of phenols is 1. The van der Waals surface area contributed by atoms with Crippen molar-refractivity contribution in [2.45, 2.75) is 26.2 Å². The minimum atomic E-state index is -0.277. The summed E-state index contributed by atoms with van der Waals surface area (Å²) in [7, 11) is 0. The van der Waals surface area contributed by atoms with Crippen LogP contribution in [0.3, 0.4) is 0 Å². The van der Waals surface area contributed by atoms with Crippen LogP contribution in [0, 0.1) is 11.3 Å². The topological polar surface area (TPSA) is 87.9 Å². The van der Waals surface area contributed by atoms with E-state index >= 15 is 0 Å². The van der Waals surface area contributed by atoms with E-state index in [1.54, 1.807) is 6.20 Å². The number of phenolic OH excluding ortho intramolecular Hbond substituents is 1. The van der Waals surface area contributed by atoms with Crippen LogP contribution in [0.4, 0.5) is 0 Å². The average molecular weight is 687 g/mol. The summed E-state index contributed by atoms with van der Waals surface area (Å²) in [5.74, 6) is 0.852. The lowest BCUT2D eigenvalue weighted by Crippen LogP contribution is -2.11. The van der Waals surface area contributed by atoms with Gasteiger partial charge in [-0.15, -0.1) is 0 Å². The molecule has 1 N–H and O–H groups in total. The van der Waals surface area contributed by atoms with E-state index in [2.05, 4.69) is 73.9 Å². The Balaban J connectivity index is 1.33. The van der Waals surface area contributed by atoms with Crippen molar-refractivity contribution in [2.75, 3.05) is 0 Å². The first-order chi connectivity index (χ1) is 25.8. The van der Waals surface area contributed by atoms with Gasteiger partial charge in [0.15, 0.2) is 0 Å². The zero-order chi connectivity index (χ0) is 36.3. The normalized spacial score (nSPS) is 11.7. The van der Waals surface area contributed by atoms with Crippen LogP contribution in [0.1, 0.15) is 31.9 Å². The number of benzene rings is 6. The molecule has 0 radical (unpaired) electrons. The average Bonchev–Trinajstić information content (AvgIpc) is 3.76. The Morgan fingerprint density at radius 1 is 0.679 bits per heavy atom. The van der Waals surface area contributed by atoms with Gasteiger partial charge in [0.1, 0.15) is 22.7 Å². The summed E-state index contributed by atoms with van der Waals surface area (Å²) >= 11 is 0. The molecule has 0 fully saturated rings. The lowest BCUT2D eigenvalue weighted by Gasteiger charge is -2.22. The van der Waals surface area contributed by atoms with Crippen molar-refractivity contribution in [3.05, 3.63) is 157 Å². The van der Waals surface area contributed by atoms with Crippen molar-refractivity contribution in [1.82, 2.24) is 14.5 Å². The number of nitriles is 1. The number of rotatable bonds is 5. The Morgan fingerprint density at radius 2 is 1.40 bits per heavy atom. The van der Waals surface area contributed by atoms with Crippen LogP contribution in [0.5, 0.6) is 5.75 Å². The van der Waals surface area contributed by atoms with Crippen molar-refractivity contribution >= 4 is 33.0 Å². The Bertz CT molecular complexity index is 2890. The summed E-state index contributed by atoms with van der Waals surface area (Å²) in [4.78, 5) is 10.3. The molecule has 0 atom stereocenters. The third-order valence-electron chi connectivity index (χ3n) is 9.96. The second-order valence-electron chi connectivity index (χ2n) is 14.3. The summed E-state index contributed by atoms with van der Waals surface area (Å²) in [5.41, 5.74) is 10.8. The quantitative estimate of drug-likeness (QED) is 0.195. The third kappa shape index (κ3) is 5.33. The van der Waals surface area contributed by atoms with Gasteiger partial charge in [-0.2, -0.15) is 5.26 Å². The Morgan fingerprint density at radius 3 is 2.17 bits per heavy atom. The van der Waals surface area contributed by atoms with E-state index < -0.39 is 0 Å². The molecule has 6 nitrogen and oxygen atoms in total. The van der Waals surface area contributed by atoms with Gasteiger partial charge in [0.05, 0.1) is 33.9 Å². The molecule has 0 amide bonds. The van der Waals surface area contributed by atoms with Crippen LogP contribution in [0.15, 0.2) is 150 Å². The van der Waals surface area contributed by atoms with E-state index in [0.717, 1.165) is 72.0 Å². The zero-order valence-corrected chi connectivity index (χ0v) is 29.5. The minimum absolute atomic E-state index is 0.217. The molecule has 0 aliphatic carbocycles. The summed E-state index contributed by atoms with van der Waals surface area (Å²) < 4.78 is 8.75. The molecular formula is C47H34N4O2. The Kier molecular flexibility index (Phi) is 7.46. The molecule has 53 heavy (non-hydrogen) atoms. The number of para-hydroxylation sites is 4. The fourth-order valence-corrected chi connectivity index (χ4v) is 7.39. The fraction of sp³-hybridized carbons (Fsp3) is 0.0851. The number of hydrogen-bond donors (Lipinski definition) is 1. The van der Waals surface area contributed by atoms with E-state index in [4.69, 9.17) is 14.4 Å². The second kappa shape index (κ2) is 12.4. The van der Waals surface area contributed by atoms with Crippen LogP contribution < -0.4 is 0 Å². The lowest BCUT2D eigenvalue weighted by atomic mass is 9.85. The smallest absolute Gasteiger partial charge is 0.149 e. The summed E-state index contributed by atoms with van der Waals surface area (Å²) in [6.45, 7) is 6.29. The maximum atomic E-state index is 11.8. The van der Waals surface area contributed by atoms with Gasteiger partial charge in [0, 0.05) is 44.9 Å². The third-order valence-corrected chi connectivity index (χ3v) is 9.96. The number of fused-ring (bicyclic) bond motifs is 4. The number of hydrogen-bond acceptors (Lipinski definition) is 5. The molecule has 0 unspecified atom stereocenters. The highest BCUT2D eigenvalue weighted by molar-refractivity contribution is 6.13. The number of aromatic nitrogens is 3. The molecule has 3 heterocycles. The van der Waals surface area contributed by atoms with Gasteiger partial charge >= 0.3 is 0 Å². The summed E-state index contributed by atoms with van der Waals surface area (Å²) in [5, 5.41) is 24.0. The van der Waals surface area contributed by atoms with Crippen LogP contribution in [0.25, 0.3) is 83.6 Å². The molecule has 0 spiro atoms. The maximum Gasteiger partial charge on any atom is 0.149 e. The van der Waals surface area contributed by atoms with Gasteiger partial charge < -0.3 is 9.52 Å². The predicted molar refractivity (Wildman–Crippen MR) is 213 cm³/mol. The van der Waals surface area contributed by atoms with E-state index in [1.165, 1.54) is 0 Å². The fourth-order valence-electron chi connectivity index (χ4n) is 7.39. The van der Waals surface area contributed by atoms with Gasteiger partial charge in [0.25, 0.3) is 0 Å². The molecule has 6 heteroatoms. The molecule has 0 aliphatic rings. The van der Waals surface area contributed by atoms with Crippen molar-refractivity contribution in [3.63, 3.8) is 0 Å². The van der Waals surface area contributed by atoms with Crippen molar-refractivity contribution < 1.29 is 9.52 Å². The first-order valence-corrected chi connectivity index (χ1v) is 17.6. The molecule has 254 valence electrons.